The lowest BCUT2D eigenvalue weighted by Crippen LogP contribution is -2.15. The third kappa shape index (κ3) is 1.51. The number of aryl methyl sites for hydroxylation is 1. The van der Waals surface area contributed by atoms with Crippen molar-refractivity contribution in [3.63, 3.8) is 0 Å². The molecule has 0 bridgehead atoms. The van der Waals surface area contributed by atoms with Gasteiger partial charge in [0.05, 0.1) is 0 Å². The van der Waals surface area contributed by atoms with Gasteiger partial charge in [0.2, 0.25) is 0 Å². The van der Waals surface area contributed by atoms with Crippen molar-refractivity contribution in [2.24, 2.45) is 0 Å². The SMILES string of the molecule is Cc1cccc2c1SC(C)CC2=O. The van der Waals surface area contributed by atoms with Crippen molar-refractivity contribution in [2.45, 2.75) is 30.4 Å². The molecule has 1 aromatic rings. The molecule has 68 valence electrons. The van der Waals surface area contributed by atoms with Gasteiger partial charge in [0.1, 0.15) is 0 Å². The Morgan fingerprint density at radius 2 is 2.23 bits per heavy atom. The number of rotatable bonds is 0. The Bertz CT molecular complexity index is 357. The molecule has 1 unspecified atom stereocenters. The van der Waals surface area contributed by atoms with E-state index in [0.717, 1.165) is 5.56 Å². The average Bonchev–Trinajstić information content (AvgIpc) is 2.07. The third-order valence-electron chi connectivity index (χ3n) is 2.30. The van der Waals surface area contributed by atoms with Crippen molar-refractivity contribution in [1.29, 1.82) is 0 Å². The number of Topliss-reactive ketones (excluding diaryl/α,β-unsaturated/α-hetero) is 1. The predicted octanol–water partition coefficient (Wildman–Crippen LogP) is 3.06. The highest BCUT2D eigenvalue weighted by atomic mass is 32.2. The zero-order valence-corrected chi connectivity index (χ0v) is 8.65. The van der Waals surface area contributed by atoms with E-state index in [1.54, 1.807) is 0 Å². The first-order chi connectivity index (χ1) is 6.18. The molecule has 0 saturated heterocycles. The van der Waals surface area contributed by atoms with E-state index in [-0.39, 0.29) is 0 Å². The molecule has 1 heterocycles. The molecule has 1 atom stereocenters. The van der Waals surface area contributed by atoms with Crippen molar-refractivity contribution in [3.05, 3.63) is 29.3 Å². The Labute approximate surface area is 82.5 Å². The number of fused-ring (bicyclic) bond motifs is 1. The van der Waals surface area contributed by atoms with Crippen LogP contribution in [0.1, 0.15) is 29.3 Å². The van der Waals surface area contributed by atoms with Gasteiger partial charge in [-0.25, -0.2) is 0 Å². The molecular weight excluding hydrogens is 180 g/mol. The smallest absolute Gasteiger partial charge is 0.165 e. The van der Waals surface area contributed by atoms with Gasteiger partial charge in [-0.2, -0.15) is 0 Å². The van der Waals surface area contributed by atoms with E-state index in [0.29, 0.717) is 17.5 Å². The summed E-state index contributed by atoms with van der Waals surface area (Å²) in [5.41, 5.74) is 2.14. The molecule has 0 saturated carbocycles. The Kier molecular flexibility index (Phi) is 2.16. The van der Waals surface area contributed by atoms with Crippen LogP contribution in [-0.2, 0) is 0 Å². The maximum absolute atomic E-state index is 11.6. The highest BCUT2D eigenvalue weighted by Crippen LogP contribution is 2.36. The standard InChI is InChI=1S/C11H12OS/c1-7-4-3-5-9-10(12)6-8(2)13-11(7)9/h3-5,8H,6H2,1-2H3. The van der Waals surface area contributed by atoms with E-state index in [1.807, 2.05) is 23.9 Å². The molecule has 0 aliphatic carbocycles. The van der Waals surface area contributed by atoms with Crippen LogP contribution in [0.25, 0.3) is 0 Å². The minimum absolute atomic E-state index is 0.296. The first-order valence-corrected chi connectivity index (χ1v) is 5.36. The van der Waals surface area contributed by atoms with Crippen LogP contribution in [-0.4, -0.2) is 11.0 Å². The summed E-state index contributed by atoms with van der Waals surface area (Å²) in [4.78, 5) is 12.8. The minimum Gasteiger partial charge on any atom is -0.294 e. The fraction of sp³-hybridized carbons (Fsp3) is 0.364. The van der Waals surface area contributed by atoms with Crippen molar-refractivity contribution in [1.82, 2.24) is 0 Å². The van der Waals surface area contributed by atoms with Gasteiger partial charge in [-0.15, -0.1) is 11.8 Å². The number of carbonyl (C=O) groups excluding carboxylic acids is 1. The summed E-state index contributed by atoms with van der Waals surface area (Å²) in [6.07, 6.45) is 0.682. The van der Waals surface area contributed by atoms with Crippen LogP contribution in [0.3, 0.4) is 0 Å². The van der Waals surface area contributed by atoms with Gasteiger partial charge in [0.25, 0.3) is 0 Å². The molecule has 0 radical (unpaired) electrons. The van der Waals surface area contributed by atoms with Crippen molar-refractivity contribution in [2.75, 3.05) is 0 Å². The lowest BCUT2D eigenvalue weighted by atomic mass is 10.0. The molecule has 1 aromatic carbocycles. The van der Waals surface area contributed by atoms with Crippen LogP contribution in [0.15, 0.2) is 23.1 Å². The lowest BCUT2D eigenvalue weighted by molar-refractivity contribution is 0.0978. The highest BCUT2D eigenvalue weighted by molar-refractivity contribution is 8.00. The summed E-state index contributed by atoms with van der Waals surface area (Å²) < 4.78 is 0. The molecule has 0 fully saturated rings. The fourth-order valence-electron chi connectivity index (χ4n) is 1.64. The number of hydrogen-bond donors (Lipinski definition) is 0. The second-order valence-electron chi connectivity index (χ2n) is 3.51. The van der Waals surface area contributed by atoms with Gasteiger partial charge >= 0.3 is 0 Å². The first-order valence-electron chi connectivity index (χ1n) is 4.48. The van der Waals surface area contributed by atoms with Crippen LogP contribution in [0, 0.1) is 6.92 Å². The summed E-state index contributed by atoms with van der Waals surface area (Å²) >= 11 is 1.82. The van der Waals surface area contributed by atoms with Gasteiger partial charge < -0.3 is 0 Å². The average molecular weight is 192 g/mol. The second-order valence-corrected chi connectivity index (χ2v) is 4.96. The van der Waals surface area contributed by atoms with E-state index in [1.165, 1.54) is 10.5 Å². The Hall–Kier alpha value is -0.760. The molecule has 0 amide bonds. The van der Waals surface area contributed by atoms with Gasteiger partial charge in [-0.1, -0.05) is 25.1 Å². The maximum atomic E-state index is 11.6. The van der Waals surface area contributed by atoms with Crippen LogP contribution >= 0.6 is 11.8 Å². The predicted molar refractivity (Wildman–Crippen MR) is 55.4 cm³/mol. The first kappa shape index (κ1) is 8.82. The molecule has 2 rings (SSSR count). The summed E-state index contributed by atoms with van der Waals surface area (Å²) in [5.74, 6) is 0.296. The van der Waals surface area contributed by atoms with Gasteiger partial charge in [-0.05, 0) is 12.5 Å². The topological polar surface area (TPSA) is 17.1 Å². The molecule has 0 N–H and O–H groups in total. The van der Waals surface area contributed by atoms with Gasteiger partial charge in [0.15, 0.2) is 5.78 Å². The molecule has 1 aliphatic heterocycles. The molecule has 13 heavy (non-hydrogen) atoms. The second kappa shape index (κ2) is 3.18. The fourth-order valence-corrected chi connectivity index (χ4v) is 2.84. The number of ketones is 1. The summed E-state index contributed by atoms with van der Waals surface area (Å²) in [6.45, 7) is 4.18. The molecule has 0 spiro atoms. The van der Waals surface area contributed by atoms with Crippen molar-refractivity contribution >= 4 is 17.5 Å². The third-order valence-corrected chi connectivity index (χ3v) is 3.65. The number of thioether (sulfide) groups is 1. The Balaban J connectivity index is 2.55. The zero-order valence-electron chi connectivity index (χ0n) is 7.83. The van der Waals surface area contributed by atoms with Crippen LogP contribution < -0.4 is 0 Å². The van der Waals surface area contributed by atoms with E-state index in [4.69, 9.17) is 0 Å². The molecule has 1 nitrogen and oxygen atoms in total. The number of carbonyl (C=O) groups is 1. The van der Waals surface area contributed by atoms with Crippen LogP contribution in [0.2, 0.25) is 0 Å². The molecule has 2 heteroatoms. The van der Waals surface area contributed by atoms with Crippen molar-refractivity contribution < 1.29 is 4.79 Å². The maximum Gasteiger partial charge on any atom is 0.165 e. The van der Waals surface area contributed by atoms with E-state index in [9.17, 15) is 4.79 Å². The van der Waals surface area contributed by atoms with Gasteiger partial charge in [-0.3, -0.25) is 4.79 Å². The minimum atomic E-state index is 0.296. The monoisotopic (exact) mass is 192 g/mol. The number of hydrogen-bond acceptors (Lipinski definition) is 2. The number of benzene rings is 1. The molecular formula is C11H12OS. The lowest BCUT2D eigenvalue weighted by Gasteiger charge is -2.21. The normalized spacial score (nSPS) is 21.4. The molecule has 1 aliphatic rings. The van der Waals surface area contributed by atoms with E-state index in [2.05, 4.69) is 19.9 Å². The van der Waals surface area contributed by atoms with E-state index >= 15 is 0 Å². The van der Waals surface area contributed by atoms with E-state index < -0.39 is 0 Å². The Morgan fingerprint density at radius 1 is 1.46 bits per heavy atom. The molecule has 0 aromatic heterocycles. The zero-order chi connectivity index (χ0) is 9.42. The summed E-state index contributed by atoms with van der Waals surface area (Å²) in [7, 11) is 0. The summed E-state index contributed by atoms with van der Waals surface area (Å²) in [5, 5.41) is 0.432. The van der Waals surface area contributed by atoms with Gasteiger partial charge in [0, 0.05) is 22.1 Å². The highest BCUT2D eigenvalue weighted by Gasteiger charge is 2.23. The Morgan fingerprint density at radius 3 is 3.00 bits per heavy atom. The van der Waals surface area contributed by atoms with Crippen LogP contribution in [0.5, 0.6) is 0 Å². The largest absolute Gasteiger partial charge is 0.294 e. The van der Waals surface area contributed by atoms with Crippen molar-refractivity contribution in [3.8, 4) is 0 Å². The quantitative estimate of drug-likeness (QED) is 0.628. The summed E-state index contributed by atoms with van der Waals surface area (Å²) in [6, 6.07) is 5.96. The van der Waals surface area contributed by atoms with Crippen LogP contribution in [0.4, 0.5) is 0 Å².